The van der Waals surface area contributed by atoms with E-state index >= 15 is 0 Å². The average molecular weight is 372 g/mol. The van der Waals surface area contributed by atoms with Gasteiger partial charge in [-0.15, -0.1) is 0 Å². The molecule has 2 aromatic carbocycles. The molecule has 0 aliphatic rings. The van der Waals surface area contributed by atoms with Gasteiger partial charge in [-0.1, -0.05) is 24.3 Å². The Morgan fingerprint density at radius 3 is 2.41 bits per heavy atom. The number of alkyl halides is 2. The number of ether oxygens (including phenoxy) is 2. The standard InChI is InChI=1S/C20H18F2N2O3/c1-12-5-4-6-13(2)18(12)24-19(25)15(11-23)9-14-7-8-16(27-20(21)22)17(10-14)26-3/h4-10,20H,1-3H3,(H,24,25)/b15-9+. The number of methoxy groups -OCH3 is 1. The molecule has 27 heavy (non-hydrogen) atoms. The minimum atomic E-state index is -2.99. The molecule has 0 aliphatic heterocycles. The third kappa shape index (κ3) is 5.05. The molecule has 0 aromatic heterocycles. The number of carbonyl (C=O) groups is 1. The number of nitrogens with one attached hydrogen (secondary N) is 1. The summed E-state index contributed by atoms with van der Waals surface area (Å²) in [6.45, 7) is 0.716. The van der Waals surface area contributed by atoms with Crippen molar-refractivity contribution < 1.29 is 23.0 Å². The van der Waals surface area contributed by atoms with Crippen LogP contribution >= 0.6 is 0 Å². The summed E-state index contributed by atoms with van der Waals surface area (Å²) < 4.78 is 34.2. The monoisotopic (exact) mass is 372 g/mol. The molecule has 0 saturated carbocycles. The SMILES string of the molecule is COc1cc(/C=C(\C#N)C(=O)Nc2c(C)cccc2C)ccc1OC(F)F. The van der Waals surface area contributed by atoms with Gasteiger partial charge in [0, 0.05) is 5.69 Å². The normalized spacial score (nSPS) is 11.1. The van der Waals surface area contributed by atoms with Crippen molar-refractivity contribution >= 4 is 17.7 Å². The number of hydrogen-bond acceptors (Lipinski definition) is 4. The van der Waals surface area contributed by atoms with Gasteiger partial charge in [0.25, 0.3) is 5.91 Å². The summed E-state index contributed by atoms with van der Waals surface area (Å²) in [5.74, 6) is -0.638. The Bertz CT molecular complexity index is 898. The number of benzene rings is 2. The molecular weight excluding hydrogens is 354 g/mol. The smallest absolute Gasteiger partial charge is 0.387 e. The summed E-state index contributed by atoms with van der Waals surface area (Å²) in [5.41, 5.74) is 2.68. The molecule has 5 nitrogen and oxygen atoms in total. The van der Waals surface area contributed by atoms with Crippen LogP contribution in [0.5, 0.6) is 11.5 Å². The summed E-state index contributed by atoms with van der Waals surface area (Å²) in [6, 6.07) is 11.6. The van der Waals surface area contributed by atoms with Gasteiger partial charge in [0.1, 0.15) is 11.6 Å². The van der Waals surface area contributed by atoms with Crippen molar-refractivity contribution in [1.29, 1.82) is 5.26 Å². The van der Waals surface area contributed by atoms with Crippen LogP contribution in [0.3, 0.4) is 0 Å². The Kier molecular flexibility index (Phi) is 6.50. The predicted octanol–water partition coefficient (Wildman–Crippen LogP) is 4.46. The molecule has 0 fully saturated rings. The highest BCUT2D eigenvalue weighted by Gasteiger charge is 2.14. The van der Waals surface area contributed by atoms with Crippen molar-refractivity contribution in [2.45, 2.75) is 20.5 Å². The maximum absolute atomic E-state index is 12.5. The van der Waals surface area contributed by atoms with Gasteiger partial charge < -0.3 is 14.8 Å². The molecule has 0 atom stereocenters. The molecule has 0 aliphatic carbocycles. The topological polar surface area (TPSA) is 71.3 Å². The largest absolute Gasteiger partial charge is 0.493 e. The highest BCUT2D eigenvalue weighted by molar-refractivity contribution is 6.10. The van der Waals surface area contributed by atoms with Crippen molar-refractivity contribution in [2.75, 3.05) is 12.4 Å². The number of rotatable bonds is 6. The van der Waals surface area contributed by atoms with Crippen molar-refractivity contribution in [1.82, 2.24) is 0 Å². The number of nitrogens with zero attached hydrogens (tertiary/aromatic N) is 1. The van der Waals surface area contributed by atoms with E-state index in [1.807, 2.05) is 38.1 Å². The van der Waals surface area contributed by atoms with E-state index < -0.39 is 12.5 Å². The first-order chi connectivity index (χ1) is 12.8. The van der Waals surface area contributed by atoms with Crippen LogP contribution in [-0.2, 0) is 4.79 Å². The zero-order chi connectivity index (χ0) is 20.0. The fraction of sp³-hybridized carbons (Fsp3) is 0.200. The number of halogens is 2. The second-order valence-electron chi connectivity index (χ2n) is 5.68. The fourth-order valence-corrected chi connectivity index (χ4v) is 2.48. The number of anilines is 1. The molecule has 0 radical (unpaired) electrons. The molecule has 140 valence electrons. The lowest BCUT2D eigenvalue weighted by Crippen LogP contribution is -2.15. The lowest BCUT2D eigenvalue weighted by molar-refractivity contribution is -0.112. The summed E-state index contributed by atoms with van der Waals surface area (Å²) in [4.78, 5) is 12.5. The van der Waals surface area contributed by atoms with Crippen LogP contribution in [0.25, 0.3) is 6.08 Å². The number of aryl methyl sites for hydroxylation is 2. The number of amides is 1. The van der Waals surface area contributed by atoms with Crippen LogP contribution in [0.1, 0.15) is 16.7 Å². The highest BCUT2D eigenvalue weighted by Crippen LogP contribution is 2.30. The van der Waals surface area contributed by atoms with Gasteiger partial charge in [-0.05, 0) is 48.7 Å². The predicted molar refractivity (Wildman–Crippen MR) is 97.8 cm³/mol. The summed E-state index contributed by atoms with van der Waals surface area (Å²) >= 11 is 0. The molecular formula is C20H18F2N2O3. The van der Waals surface area contributed by atoms with E-state index in [1.54, 1.807) is 0 Å². The Balaban J connectivity index is 2.30. The molecule has 2 rings (SSSR count). The van der Waals surface area contributed by atoms with E-state index in [-0.39, 0.29) is 17.1 Å². The minimum absolute atomic E-state index is 0.0662. The Morgan fingerprint density at radius 1 is 1.19 bits per heavy atom. The first-order valence-corrected chi connectivity index (χ1v) is 7.98. The maximum Gasteiger partial charge on any atom is 0.387 e. The van der Waals surface area contributed by atoms with Gasteiger partial charge in [0.2, 0.25) is 0 Å². The summed E-state index contributed by atoms with van der Waals surface area (Å²) in [6.07, 6.45) is 1.34. The second-order valence-corrected chi connectivity index (χ2v) is 5.68. The summed E-state index contributed by atoms with van der Waals surface area (Å²) in [7, 11) is 1.31. The lowest BCUT2D eigenvalue weighted by Gasteiger charge is -2.12. The Hall–Kier alpha value is -3.40. The van der Waals surface area contributed by atoms with Crippen molar-refractivity contribution in [3.05, 3.63) is 58.7 Å². The third-order valence-corrected chi connectivity index (χ3v) is 3.80. The van der Waals surface area contributed by atoms with Gasteiger partial charge in [0.15, 0.2) is 11.5 Å². The van der Waals surface area contributed by atoms with Crippen LogP contribution in [0.4, 0.5) is 14.5 Å². The first-order valence-electron chi connectivity index (χ1n) is 7.98. The lowest BCUT2D eigenvalue weighted by atomic mass is 10.1. The zero-order valence-electron chi connectivity index (χ0n) is 15.0. The summed E-state index contributed by atoms with van der Waals surface area (Å²) in [5, 5.41) is 12.1. The molecule has 0 spiro atoms. The van der Waals surface area contributed by atoms with Crippen LogP contribution in [0.2, 0.25) is 0 Å². The van der Waals surface area contributed by atoms with E-state index in [1.165, 1.54) is 31.4 Å². The molecule has 0 heterocycles. The Morgan fingerprint density at radius 2 is 1.85 bits per heavy atom. The molecule has 0 saturated heterocycles. The van der Waals surface area contributed by atoms with Crippen LogP contribution < -0.4 is 14.8 Å². The number of nitriles is 1. The number of hydrogen-bond donors (Lipinski definition) is 1. The molecule has 0 bridgehead atoms. The van der Waals surface area contributed by atoms with Crippen LogP contribution in [0.15, 0.2) is 42.0 Å². The molecule has 2 aromatic rings. The maximum atomic E-state index is 12.5. The van der Waals surface area contributed by atoms with Gasteiger partial charge in [-0.25, -0.2) is 0 Å². The van der Waals surface area contributed by atoms with Crippen molar-refractivity contribution in [3.8, 4) is 17.6 Å². The first kappa shape index (κ1) is 19.9. The quantitative estimate of drug-likeness (QED) is 0.600. The van der Waals surface area contributed by atoms with Gasteiger partial charge >= 0.3 is 6.61 Å². The van der Waals surface area contributed by atoms with Crippen LogP contribution in [0, 0.1) is 25.2 Å². The van der Waals surface area contributed by atoms with Gasteiger partial charge in [-0.3, -0.25) is 4.79 Å². The molecule has 7 heteroatoms. The third-order valence-electron chi connectivity index (χ3n) is 3.80. The van der Waals surface area contributed by atoms with E-state index in [0.717, 1.165) is 11.1 Å². The number of para-hydroxylation sites is 1. The van der Waals surface area contributed by atoms with E-state index in [0.29, 0.717) is 11.3 Å². The minimum Gasteiger partial charge on any atom is -0.493 e. The van der Waals surface area contributed by atoms with Crippen LogP contribution in [-0.4, -0.2) is 19.6 Å². The highest BCUT2D eigenvalue weighted by atomic mass is 19.3. The zero-order valence-corrected chi connectivity index (χ0v) is 15.0. The Labute approximate surface area is 155 Å². The van der Waals surface area contributed by atoms with E-state index in [9.17, 15) is 18.8 Å². The van der Waals surface area contributed by atoms with E-state index in [2.05, 4.69) is 10.1 Å². The average Bonchev–Trinajstić information content (AvgIpc) is 2.63. The van der Waals surface area contributed by atoms with E-state index in [4.69, 9.17) is 4.74 Å². The molecule has 1 N–H and O–H groups in total. The van der Waals surface area contributed by atoms with Crippen molar-refractivity contribution in [3.63, 3.8) is 0 Å². The number of carbonyl (C=O) groups excluding carboxylic acids is 1. The molecule has 1 amide bonds. The van der Waals surface area contributed by atoms with Gasteiger partial charge in [-0.2, -0.15) is 14.0 Å². The second kappa shape index (κ2) is 8.81. The molecule has 0 unspecified atom stereocenters. The van der Waals surface area contributed by atoms with Crippen molar-refractivity contribution in [2.24, 2.45) is 0 Å². The fourth-order valence-electron chi connectivity index (χ4n) is 2.48. The van der Waals surface area contributed by atoms with Gasteiger partial charge in [0.05, 0.1) is 7.11 Å².